The lowest BCUT2D eigenvalue weighted by atomic mass is 10.1. The van der Waals surface area contributed by atoms with Crippen LogP contribution in [0.5, 0.6) is 0 Å². The Morgan fingerprint density at radius 3 is 2.14 bits per heavy atom. The number of rotatable bonds is 9. The second-order valence-electron chi connectivity index (χ2n) is 4.81. The van der Waals surface area contributed by atoms with E-state index in [2.05, 4.69) is 0 Å². The quantitative estimate of drug-likeness (QED) is 0.518. The first kappa shape index (κ1) is 17.6. The highest BCUT2D eigenvalue weighted by Crippen LogP contribution is 2.13. The molecular formula is C16H25NO4. The Morgan fingerprint density at radius 2 is 1.67 bits per heavy atom. The summed E-state index contributed by atoms with van der Waals surface area (Å²) in [6, 6.07) is 9.11. The Hall–Kier alpha value is -1.43. The van der Waals surface area contributed by atoms with Gasteiger partial charge in [-0.1, -0.05) is 35.6 Å². The molecule has 1 rings (SSSR count). The highest BCUT2D eigenvalue weighted by atomic mass is 16.9. The average Bonchev–Trinajstić information content (AvgIpc) is 2.45. The van der Waals surface area contributed by atoms with Gasteiger partial charge in [0, 0.05) is 6.42 Å². The van der Waals surface area contributed by atoms with Crippen LogP contribution in [-0.2, 0) is 25.6 Å². The third-order valence-electron chi connectivity index (χ3n) is 2.66. The highest BCUT2D eigenvalue weighted by Gasteiger charge is 2.30. The van der Waals surface area contributed by atoms with E-state index in [1.807, 2.05) is 58.0 Å². The molecule has 0 heterocycles. The minimum Gasteiger partial charge on any atom is -0.462 e. The predicted molar refractivity (Wildman–Crippen MR) is 80.3 cm³/mol. The second-order valence-corrected chi connectivity index (χ2v) is 4.81. The monoisotopic (exact) mass is 295 g/mol. The van der Waals surface area contributed by atoms with Gasteiger partial charge in [-0.2, -0.15) is 0 Å². The normalized spacial score (nSPS) is 12.7. The van der Waals surface area contributed by atoms with Crippen molar-refractivity contribution in [2.24, 2.45) is 0 Å². The smallest absolute Gasteiger partial charge is 0.329 e. The molecule has 5 heteroatoms. The summed E-state index contributed by atoms with van der Waals surface area (Å²) in [5, 5.41) is 1.26. The Labute approximate surface area is 126 Å². The van der Waals surface area contributed by atoms with Crippen LogP contribution in [0, 0.1) is 0 Å². The van der Waals surface area contributed by atoms with Crippen LogP contribution in [0.25, 0.3) is 0 Å². The van der Waals surface area contributed by atoms with Crippen LogP contribution in [0.1, 0.15) is 33.3 Å². The number of carbonyl (C=O) groups is 1. The molecule has 1 aromatic rings. The van der Waals surface area contributed by atoms with Crippen molar-refractivity contribution in [3.63, 3.8) is 0 Å². The van der Waals surface area contributed by atoms with Gasteiger partial charge < -0.3 is 4.74 Å². The Morgan fingerprint density at radius 1 is 1.10 bits per heavy atom. The van der Waals surface area contributed by atoms with Crippen molar-refractivity contribution in [3.05, 3.63) is 35.9 Å². The summed E-state index contributed by atoms with van der Waals surface area (Å²) in [5.74, 6) is -0.351. The van der Waals surface area contributed by atoms with E-state index in [-0.39, 0.29) is 12.1 Å². The molecule has 0 fully saturated rings. The summed E-state index contributed by atoms with van der Waals surface area (Å²) in [6.45, 7) is 8.17. The van der Waals surface area contributed by atoms with Crippen molar-refractivity contribution in [3.8, 4) is 0 Å². The summed E-state index contributed by atoms with van der Waals surface area (Å²) in [5.41, 5.74) is 1.02. The van der Waals surface area contributed by atoms with Crippen molar-refractivity contribution in [1.82, 2.24) is 5.23 Å². The third-order valence-corrected chi connectivity index (χ3v) is 2.66. The molecule has 0 aliphatic carbocycles. The molecule has 0 bridgehead atoms. The van der Waals surface area contributed by atoms with Crippen LogP contribution >= 0.6 is 0 Å². The number of ether oxygens (including phenoxy) is 1. The standard InChI is InChI=1S/C16H25NO4/c1-5-19-17(20-6-2)15(16(18)21-13(3)4)12-14-10-8-7-9-11-14/h7-11,13,15H,5-6,12H2,1-4H3/t15-/m0/s1. The molecule has 0 saturated carbocycles. The maximum atomic E-state index is 12.3. The van der Waals surface area contributed by atoms with Crippen LogP contribution in [0.3, 0.4) is 0 Å². The second kappa shape index (κ2) is 9.50. The maximum absolute atomic E-state index is 12.3. The molecule has 0 aliphatic heterocycles. The number of nitrogens with zero attached hydrogens (tertiary/aromatic N) is 1. The Bertz CT molecular complexity index is 402. The van der Waals surface area contributed by atoms with E-state index in [0.717, 1.165) is 5.56 Å². The molecule has 0 spiro atoms. The molecule has 1 atom stereocenters. The van der Waals surface area contributed by atoms with Gasteiger partial charge in [0.15, 0.2) is 6.04 Å². The molecule has 0 unspecified atom stereocenters. The minimum absolute atomic E-state index is 0.180. The van der Waals surface area contributed by atoms with Crippen LogP contribution in [0.4, 0.5) is 0 Å². The molecule has 0 radical (unpaired) electrons. The fraction of sp³-hybridized carbons (Fsp3) is 0.562. The van der Waals surface area contributed by atoms with E-state index < -0.39 is 6.04 Å². The van der Waals surface area contributed by atoms with Gasteiger partial charge in [0.05, 0.1) is 19.3 Å². The number of carbonyl (C=O) groups excluding carboxylic acids is 1. The fourth-order valence-corrected chi connectivity index (χ4v) is 1.86. The lowest BCUT2D eigenvalue weighted by Gasteiger charge is -2.28. The molecule has 0 saturated heterocycles. The fourth-order valence-electron chi connectivity index (χ4n) is 1.86. The topological polar surface area (TPSA) is 48.0 Å². The molecule has 0 aromatic heterocycles. The van der Waals surface area contributed by atoms with Crippen molar-refractivity contribution in [2.45, 2.75) is 46.3 Å². The molecule has 118 valence electrons. The van der Waals surface area contributed by atoms with Gasteiger partial charge in [-0.3, -0.25) is 14.5 Å². The predicted octanol–water partition coefficient (Wildman–Crippen LogP) is 2.75. The average molecular weight is 295 g/mol. The molecule has 0 amide bonds. The van der Waals surface area contributed by atoms with Crippen LogP contribution < -0.4 is 0 Å². The van der Waals surface area contributed by atoms with Crippen LogP contribution in [0.15, 0.2) is 30.3 Å². The lowest BCUT2D eigenvalue weighted by molar-refractivity contribution is -0.380. The van der Waals surface area contributed by atoms with Crippen LogP contribution in [0.2, 0.25) is 0 Å². The lowest BCUT2D eigenvalue weighted by Crippen LogP contribution is -2.44. The number of esters is 1. The summed E-state index contributed by atoms with van der Waals surface area (Å²) in [4.78, 5) is 23.2. The SMILES string of the molecule is CCON(OCC)[C@@H](Cc1ccccc1)C(=O)OC(C)C. The Balaban J connectivity index is 2.88. The number of hydrogen-bond donors (Lipinski definition) is 0. The number of hydroxylamine groups is 2. The molecule has 1 aromatic carbocycles. The van der Waals surface area contributed by atoms with Gasteiger partial charge in [0.25, 0.3) is 0 Å². The Kier molecular flexibility index (Phi) is 7.97. The van der Waals surface area contributed by atoms with Gasteiger partial charge in [0.2, 0.25) is 0 Å². The number of hydrogen-bond acceptors (Lipinski definition) is 5. The largest absolute Gasteiger partial charge is 0.462 e. The minimum atomic E-state index is -0.630. The van der Waals surface area contributed by atoms with E-state index in [0.29, 0.717) is 19.6 Å². The zero-order valence-electron chi connectivity index (χ0n) is 13.2. The van der Waals surface area contributed by atoms with Gasteiger partial charge in [0.1, 0.15) is 0 Å². The summed E-state index contributed by atoms with van der Waals surface area (Å²) < 4.78 is 5.32. The first-order valence-electron chi connectivity index (χ1n) is 7.37. The molecule has 0 aliphatic rings. The summed E-state index contributed by atoms with van der Waals surface area (Å²) in [6.07, 6.45) is 0.285. The summed E-state index contributed by atoms with van der Waals surface area (Å²) >= 11 is 0. The molecular weight excluding hydrogens is 270 g/mol. The van der Waals surface area contributed by atoms with Crippen molar-refractivity contribution >= 4 is 5.97 Å². The third kappa shape index (κ3) is 6.25. The van der Waals surface area contributed by atoms with E-state index in [9.17, 15) is 4.79 Å². The van der Waals surface area contributed by atoms with E-state index >= 15 is 0 Å². The van der Waals surface area contributed by atoms with Gasteiger partial charge in [-0.05, 0) is 33.3 Å². The molecule has 21 heavy (non-hydrogen) atoms. The van der Waals surface area contributed by atoms with Crippen molar-refractivity contribution in [1.29, 1.82) is 0 Å². The number of benzene rings is 1. The van der Waals surface area contributed by atoms with E-state index in [1.165, 1.54) is 5.23 Å². The van der Waals surface area contributed by atoms with Crippen molar-refractivity contribution in [2.75, 3.05) is 13.2 Å². The van der Waals surface area contributed by atoms with Crippen LogP contribution in [-0.4, -0.2) is 36.6 Å². The molecule has 5 nitrogen and oxygen atoms in total. The zero-order valence-corrected chi connectivity index (χ0v) is 13.2. The first-order chi connectivity index (χ1) is 10.1. The maximum Gasteiger partial charge on any atom is 0.329 e. The first-order valence-corrected chi connectivity index (χ1v) is 7.37. The van der Waals surface area contributed by atoms with E-state index in [4.69, 9.17) is 14.4 Å². The van der Waals surface area contributed by atoms with E-state index in [1.54, 1.807) is 0 Å². The molecule has 0 N–H and O–H groups in total. The highest BCUT2D eigenvalue weighted by molar-refractivity contribution is 5.76. The van der Waals surface area contributed by atoms with Gasteiger partial charge in [-0.25, -0.2) is 0 Å². The van der Waals surface area contributed by atoms with Gasteiger partial charge in [-0.15, -0.1) is 0 Å². The summed E-state index contributed by atoms with van der Waals surface area (Å²) in [7, 11) is 0. The zero-order chi connectivity index (χ0) is 15.7. The van der Waals surface area contributed by atoms with Crippen molar-refractivity contribution < 1.29 is 19.2 Å². The van der Waals surface area contributed by atoms with Gasteiger partial charge >= 0.3 is 5.97 Å².